The van der Waals surface area contributed by atoms with Gasteiger partial charge in [0.1, 0.15) is 22.2 Å². The summed E-state index contributed by atoms with van der Waals surface area (Å²) in [7, 11) is -3.89. The van der Waals surface area contributed by atoms with E-state index in [1.54, 1.807) is 4.68 Å². The third kappa shape index (κ3) is 5.46. The van der Waals surface area contributed by atoms with E-state index in [4.69, 9.17) is 9.10 Å². The molecule has 8 rings (SSSR count). The number of anilines is 1. The lowest BCUT2D eigenvalue weighted by Crippen LogP contribution is -2.38. The van der Waals surface area contributed by atoms with Gasteiger partial charge in [0.2, 0.25) is 5.88 Å². The number of nitrogens with zero attached hydrogens (tertiary/aromatic N) is 3. The van der Waals surface area contributed by atoms with Gasteiger partial charge in [-0.15, -0.1) is 0 Å². The smallest absolute Gasteiger partial charge is 0.331 e. The van der Waals surface area contributed by atoms with Crippen LogP contribution in [0.1, 0.15) is 65.6 Å². The number of aryl methyl sites for hydroxylation is 1. The van der Waals surface area contributed by atoms with Gasteiger partial charge in [-0.05, 0) is 71.6 Å². The van der Waals surface area contributed by atoms with E-state index in [1.165, 1.54) is 6.20 Å². The average molecular weight is 690 g/mol. The number of urea groups is 1. The second kappa shape index (κ2) is 12.4. The number of hydrogen-bond acceptors (Lipinski definition) is 5. The first-order valence-electron chi connectivity index (χ1n) is 17.3. The third-order valence-corrected chi connectivity index (χ3v) is 12.3. The van der Waals surface area contributed by atoms with Crippen molar-refractivity contribution < 1.29 is 18.1 Å². The maximum Gasteiger partial charge on any atom is 0.331 e. The summed E-state index contributed by atoms with van der Waals surface area (Å²) < 4.78 is 47.2. The van der Waals surface area contributed by atoms with Gasteiger partial charge in [0.15, 0.2) is 9.92 Å². The monoisotopic (exact) mass is 689 g/mol. The number of rotatable bonds is 8. The summed E-state index contributed by atoms with van der Waals surface area (Å²) in [5, 5.41) is 7.64. The molecule has 0 saturated heterocycles. The van der Waals surface area contributed by atoms with Crippen LogP contribution in [0.2, 0.25) is 0 Å². The zero-order valence-corrected chi connectivity index (χ0v) is 29.0. The van der Waals surface area contributed by atoms with Crippen LogP contribution in [-0.2, 0) is 47.7 Å². The molecule has 2 heterocycles. The highest BCUT2D eigenvalue weighted by Gasteiger charge is 2.43. The summed E-state index contributed by atoms with van der Waals surface area (Å²) in [5.74, 6) is 0.313. The van der Waals surface area contributed by atoms with Crippen molar-refractivity contribution in [3.8, 4) is 5.88 Å². The predicted octanol–water partition coefficient (Wildman–Crippen LogP) is 7.93. The fourth-order valence-electron chi connectivity index (χ4n) is 7.76. The van der Waals surface area contributed by atoms with Crippen LogP contribution >= 0.6 is 0 Å². The minimum absolute atomic E-state index is 0.185. The van der Waals surface area contributed by atoms with Crippen molar-refractivity contribution >= 4 is 21.6 Å². The third-order valence-electron chi connectivity index (χ3n) is 10.4. The van der Waals surface area contributed by atoms with E-state index in [0.29, 0.717) is 31.0 Å². The normalized spacial score (nSPS) is 20.3. The van der Waals surface area contributed by atoms with Gasteiger partial charge in [-0.1, -0.05) is 104 Å². The second-order valence-electron chi connectivity index (χ2n) is 13.7. The Morgan fingerprint density at radius 3 is 2.18 bits per heavy atom. The molecule has 0 bridgehead atoms. The molecule has 256 valence electrons. The molecular formula is C40H40FN5O3S. The molecule has 0 saturated carbocycles. The Kier molecular flexibility index (Phi) is 8.01. The first-order chi connectivity index (χ1) is 24.2. The molecule has 8 nitrogen and oxygen atoms in total. The van der Waals surface area contributed by atoms with Crippen molar-refractivity contribution in [3.63, 3.8) is 0 Å². The van der Waals surface area contributed by atoms with Crippen molar-refractivity contribution in [1.82, 2.24) is 14.5 Å². The number of halogens is 1. The summed E-state index contributed by atoms with van der Waals surface area (Å²) in [6.07, 6.45) is 4.38. The summed E-state index contributed by atoms with van der Waals surface area (Å²) in [6.45, 7) is 4.49. The molecule has 2 aliphatic carbocycles. The maximum absolute atomic E-state index is 16.0. The quantitative estimate of drug-likeness (QED) is 0.162. The lowest BCUT2D eigenvalue weighted by Gasteiger charge is -2.33. The summed E-state index contributed by atoms with van der Waals surface area (Å²) in [5.41, 5.74) is 4.94. The molecule has 2 amide bonds. The molecule has 50 heavy (non-hydrogen) atoms. The molecule has 2 N–H and O–H groups in total. The van der Waals surface area contributed by atoms with E-state index >= 15 is 4.21 Å². The number of carbonyl (C=O) groups excluding carboxylic acids is 1. The number of hydrogen-bond donors (Lipinski definition) is 2. The van der Waals surface area contributed by atoms with Gasteiger partial charge in [0.25, 0.3) is 0 Å². The number of benzene rings is 4. The fraction of sp³-hybridized carbons (Fsp3) is 0.300. The van der Waals surface area contributed by atoms with Gasteiger partial charge in [-0.3, -0.25) is 0 Å². The summed E-state index contributed by atoms with van der Waals surface area (Å²) in [6, 6.07) is 30.5. The Bertz CT molecular complexity index is 2100. The molecular weight excluding hydrogens is 650 g/mol. The largest absolute Gasteiger partial charge is 0.469 e. The molecule has 1 aromatic heterocycles. The molecule has 0 spiro atoms. The highest BCUT2D eigenvalue weighted by Crippen LogP contribution is 2.45. The highest BCUT2D eigenvalue weighted by molar-refractivity contribution is 7.92. The van der Waals surface area contributed by atoms with E-state index < -0.39 is 33.3 Å². The van der Waals surface area contributed by atoms with Crippen LogP contribution in [0.15, 0.2) is 113 Å². The number of nitrogens with one attached hydrogen (secondary N) is 2. The van der Waals surface area contributed by atoms with Crippen LogP contribution in [0.25, 0.3) is 0 Å². The molecule has 1 aliphatic heterocycles. The minimum Gasteiger partial charge on any atom is -0.469 e. The molecule has 3 aliphatic rings. The zero-order chi connectivity index (χ0) is 34.5. The van der Waals surface area contributed by atoms with Gasteiger partial charge < -0.3 is 10.1 Å². The van der Waals surface area contributed by atoms with E-state index in [9.17, 15) is 9.18 Å². The van der Waals surface area contributed by atoms with E-state index in [1.807, 2.05) is 105 Å². The first-order valence-corrected chi connectivity index (χ1v) is 18.8. The Labute approximate surface area is 292 Å². The van der Waals surface area contributed by atoms with Gasteiger partial charge in [0, 0.05) is 18.5 Å². The van der Waals surface area contributed by atoms with Crippen LogP contribution in [-0.4, -0.2) is 31.8 Å². The lowest BCUT2D eigenvalue weighted by atomic mass is 9.78. The van der Waals surface area contributed by atoms with Crippen LogP contribution in [0, 0.1) is 0 Å². The number of carbonyl (C=O) groups is 1. The number of fused-ring (bicyclic) bond motifs is 3. The number of ether oxygens (including phenoxy) is 1. The molecule has 10 heteroatoms. The Morgan fingerprint density at radius 1 is 0.960 bits per heavy atom. The SMILES string of the molecule is CC[C@@]1(C)Cn2ncc(S(=O)(=NC(c3ccccc3)(c3ccccc3)c3ccccc3)NC(=O)Nc3c4c(cc5c3C[C@@H](F)C5)CCC4)c2O1. The van der Waals surface area contributed by atoms with Gasteiger partial charge in [0.05, 0.1) is 12.7 Å². The molecule has 0 fully saturated rings. The maximum atomic E-state index is 16.0. The average Bonchev–Trinajstić information content (AvgIpc) is 3.92. The van der Waals surface area contributed by atoms with Crippen LogP contribution in [0.3, 0.4) is 0 Å². The second-order valence-corrected chi connectivity index (χ2v) is 15.6. The molecule has 4 aromatic carbocycles. The van der Waals surface area contributed by atoms with Crippen LogP contribution < -0.4 is 14.8 Å². The molecule has 5 aromatic rings. The Morgan fingerprint density at radius 2 is 1.58 bits per heavy atom. The van der Waals surface area contributed by atoms with E-state index in [0.717, 1.165) is 58.2 Å². The standard InChI is InChI=1S/C40H40FN5O3S/c1-3-39(2)26-46-37(49-39)35(25-42-46)50(48,44-38(47)43-36-33-21-13-14-27(33)22-28-23-32(41)24-34(28)36)45-40(29-15-7-4-8-16-29,30-17-9-5-10-18-30)31-19-11-6-12-20-31/h4-12,15-20,22,25,32H,3,13-14,21,23-24,26H2,1-2H3,(H2,43,44,45,47,48)/t32-,39-,50?/m0/s1. The van der Waals surface area contributed by atoms with Crippen LogP contribution in [0.4, 0.5) is 14.9 Å². The van der Waals surface area contributed by atoms with Gasteiger partial charge in [-0.25, -0.2) is 22.8 Å². The number of aromatic nitrogens is 2. The first kappa shape index (κ1) is 32.3. The van der Waals surface area contributed by atoms with Gasteiger partial charge in [-0.2, -0.15) is 9.46 Å². The zero-order valence-electron chi connectivity index (χ0n) is 28.2. The summed E-state index contributed by atoms with van der Waals surface area (Å²) in [4.78, 5) is 14.5. The Balaban J connectivity index is 1.34. The van der Waals surface area contributed by atoms with Crippen molar-refractivity contribution in [1.29, 1.82) is 0 Å². The van der Waals surface area contributed by atoms with Gasteiger partial charge >= 0.3 is 6.03 Å². The van der Waals surface area contributed by atoms with Crippen LogP contribution in [0.5, 0.6) is 5.88 Å². The lowest BCUT2D eigenvalue weighted by molar-refractivity contribution is 0.105. The minimum atomic E-state index is -3.89. The van der Waals surface area contributed by atoms with Crippen molar-refractivity contribution in [2.24, 2.45) is 4.36 Å². The predicted molar refractivity (Wildman–Crippen MR) is 193 cm³/mol. The molecule has 0 radical (unpaired) electrons. The van der Waals surface area contributed by atoms with Crippen molar-refractivity contribution in [3.05, 3.63) is 142 Å². The molecule has 3 atom stereocenters. The number of amides is 2. The highest BCUT2D eigenvalue weighted by atomic mass is 32.2. The van der Waals surface area contributed by atoms with Crippen molar-refractivity contribution in [2.45, 2.75) is 81.1 Å². The van der Waals surface area contributed by atoms with Crippen molar-refractivity contribution in [2.75, 3.05) is 5.32 Å². The fourth-order valence-corrected chi connectivity index (χ4v) is 9.59. The van der Waals surface area contributed by atoms with E-state index in [-0.39, 0.29) is 11.3 Å². The number of alkyl halides is 1. The topological polar surface area (TPSA) is 97.6 Å². The van der Waals surface area contributed by atoms with E-state index in [2.05, 4.69) is 21.2 Å². The Hall–Kier alpha value is -4.96. The summed E-state index contributed by atoms with van der Waals surface area (Å²) >= 11 is 0. The molecule has 1 unspecified atom stereocenters.